The standard InChI is InChI=1S/C20H24FN5O4/c1-11-5-4-6-12(7-11)24-17-15-14(9-23-19(15)27)16(21)18(26-17)22-8-13(10-29-2)25-20(28)30-3/h4-7,13H,8-10H2,1-3H3,(H,23,27)(H,25,28)(H2,22,24,26)/t13-/m1/s1. The molecule has 9 nitrogen and oxygen atoms in total. The number of fused-ring (bicyclic) bond motifs is 1. The number of aryl methyl sites for hydroxylation is 1. The van der Waals surface area contributed by atoms with Crippen molar-refractivity contribution in [2.45, 2.75) is 19.5 Å². The number of carbonyl (C=O) groups is 2. The lowest BCUT2D eigenvalue weighted by Crippen LogP contribution is -2.42. The Morgan fingerprint density at radius 3 is 2.83 bits per heavy atom. The summed E-state index contributed by atoms with van der Waals surface area (Å²) in [6, 6.07) is 7.06. The van der Waals surface area contributed by atoms with Crippen LogP contribution in [0.3, 0.4) is 0 Å². The van der Waals surface area contributed by atoms with Gasteiger partial charge >= 0.3 is 6.09 Å². The first kappa shape index (κ1) is 21.3. The number of ether oxygens (including phenoxy) is 2. The predicted octanol–water partition coefficient (Wildman–Crippen LogP) is 2.30. The highest BCUT2D eigenvalue weighted by atomic mass is 19.1. The fourth-order valence-electron chi connectivity index (χ4n) is 3.15. The second-order valence-corrected chi connectivity index (χ2v) is 6.82. The summed E-state index contributed by atoms with van der Waals surface area (Å²) in [5, 5.41) is 11.2. The lowest BCUT2D eigenvalue weighted by atomic mass is 10.1. The molecule has 30 heavy (non-hydrogen) atoms. The molecule has 2 aromatic rings. The first-order chi connectivity index (χ1) is 14.4. The third kappa shape index (κ3) is 4.77. The molecule has 0 unspecified atom stereocenters. The number of pyridine rings is 1. The van der Waals surface area contributed by atoms with Gasteiger partial charge in [0.25, 0.3) is 5.91 Å². The Morgan fingerprint density at radius 1 is 1.33 bits per heavy atom. The second kappa shape index (κ2) is 9.40. The summed E-state index contributed by atoms with van der Waals surface area (Å²) in [6.07, 6.45) is -0.627. The normalized spacial score (nSPS) is 13.3. The third-order valence-corrected chi connectivity index (χ3v) is 4.56. The molecule has 1 aromatic heterocycles. The largest absolute Gasteiger partial charge is 0.453 e. The molecule has 1 aliphatic heterocycles. The molecule has 0 aliphatic carbocycles. The van der Waals surface area contributed by atoms with Crippen molar-refractivity contribution in [3.05, 3.63) is 46.8 Å². The molecule has 1 aliphatic rings. The van der Waals surface area contributed by atoms with E-state index in [-0.39, 0.29) is 48.4 Å². The molecule has 0 saturated carbocycles. The van der Waals surface area contributed by atoms with Crippen molar-refractivity contribution in [2.24, 2.45) is 0 Å². The number of carbonyl (C=O) groups excluding carboxylic acids is 2. The van der Waals surface area contributed by atoms with Gasteiger partial charge in [0.2, 0.25) is 0 Å². The van der Waals surface area contributed by atoms with Gasteiger partial charge in [-0.3, -0.25) is 4.79 Å². The van der Waals surface area contributed by atoms with E-state index in [1.165, 1.54) is 14.2 Å². The zero-order valence-corrected chi connectivity index (χ0v) is 17.0. The molecule has 160 valence electrons. The van der Waals surface area contributed by atoms with Crippen LogP contribution in [-0.4, -0.2) is 50.4 Å². The van der Waals surface area contributed by atoms with Crippen molar-refractivity contribution in [2.75, 3.05) is 38.0 Å². The van der Waals surface area contributed by atoms with Crippen molar-refractivity contribution in [3.8, 4) is 0 Å². The number of benzene rings is 1. The number of methoxy groups -OCH3 is 2. The number of halogens is 1. The highest BCUT2D eigenvalue weighted by Gasteiger charge is 2.30. The van der Waals surface area contributed by atoms with Gasteiger partial charge in [0.15, 0.2) is 11.6 Å². The minimum atomic E-state index is -0.627. The van der Waals surface area contributed by atoms with Crippen LogP contribution in [0.1, 0.15) is 21.5 Å². The second-order valence-electron chi connectivity index (χ2n) is 6.82. The van der Waals surface area contributed by atoms with Crippen molar-refractivity contribution in [3.63, 3.8) is 0 Å². The molecule has 0 fully saturated rings. The molecular weight excluding hydrogens is 393 g/mol. The van der Waals surface area contributed by atoms with Gasteiger partial charge in [0.05, 0.1) is 25.3 Å². The quantitative estimate of drug-likeness (QED) is 0.521. The lowest BCUT2D eigenvalue weighted by Gasteiger charge is -2.19. The number of alkyl carbamates (subject to hydrolysis) is 1. The fourth-order valence-corrected chi connectivity index (χ4v) is 3.15. The van der Waals surface area contributed by atoms with E-state index in [9.17, 15) is 9.59 Å². The first-order valence-electron chi connectivity index (χ1n) is 9.34. The first-order valence-corrected chi connectivity index (χ1v) is 9.34. The monoisotopic (exact) mass is 417 g/mol. The summed E-state index contributed by atoms with van der Waals surface area (Å²) < 4.78 is 24.7. The van der Waals surface area contributed by atoms with E-state index in [4.69, 9.17) is 4.74 Å². The maximum Gasteiger partial charge on any atom is 0.407 e. The number of nitrogens with one attached hydrogen (secondary N) is 4. The van der Waals surface area contributed by atoms with Crippen LogP contribution >= 0.6 is 0 Å². The van der Waals surface area contributed by atoms with E-state index in [0.29, 0.717) is 0 Å². The van der Waals surface area contributed by atoms with E-state index < -0.39 is 18.0 Å². The van der Waals surface area contributed by atoms with Crippen LogP contribution < -0.4 is 21.3 Å². The number of anilines is 3. The Balaban J connectivity index is 1.87. The van der Waals surface area contributed by atoms with Crippen LogP contribution in [0.4, 0.5) is 26.5 Å². The summed E-state index contributed by atoms with van der Waals surface area (Å²) in [4.78, 5) is 28.1. The van der Waals surface area contributed by atoms with Crippen LogP contribution in [0.25, 0.3) is 0 Å². The van der Waals surface area contributed by atoms with E-state index in [0.717, 1.165) is 11.3 Å². The number of rotatable bonds is 8. The van der Waals surface area contributed by atoms with Gasteiger partial charge in [-0.25, -0.2) is 14.2 Å². The summed E-state index contributed by atoms with van der Waals surface area (Å²) >= 11 is 0. The molecule has 2 heterocycles. The van der Waals surface area contributed by atoms with Crippen molar-refractivity contribution in [1.29, 1.82) is 0 Å². The lowest BCUT2D eigenvalue weighted by molar-refractivity contribution is 0.0966. The Labute approximate surface area is 173 Å². The highest BCUT2D eigenvalue weighted by Crippen LogP contribution is 2.31. The molecular formula is C20H24FN5O4. The van der Waals surface area contributed by atoms with Gasteiger partial charge < -0.3 is 30.7 Å². The van der Waals surface area contributed by atoms with Gasteiger partial charge in [0.1, 0.15) is 5.82 Å². The van der Waals surface area contributed by atoms with Crippen molar-refractivity contribution >= 4 is 29.3 Å². The molecule has 1 aromatic carbocycles. The van der Waals surface area contributed by atoms with E-state index >= 15 is 4.39 Å². The van der Waals surface area contributed by atoms with E-state index in [1.807, 2.05) is 31.2 Å². The van der Waals surface area contributed by atoms with Gasteiger partial charge in [0, 0.05) is 31.5 Å². The van der Waals surface area contributed by atoms with Crippen LogP contribution in [0.2, 0.25) is 0 Å². The van der Waals surface area contributed by atoms with Gasteiger partial charge in [-0.2, -0.15) is 0 Å². The smallest absolute Gasteiger partial charge is 0.407 e. The molecule has 10 heteroatoms. The minimum absolute atomic E-state index is 0.0341. The molecule has 1 atom stereocenters. The molecule has 2 amide bonds. The van der Waals surface area contributed by atoms with Gasteiger partial charge in [-0.15, -0.1) is 0 Å². The van der Waals surface area contributed by atoms with Crippen LogP contribution in [-0.2, 0) is 16.0 Å². The highest BCUT2D eigenvalue weighted by molar-refractivity contribution is 6.03. The molecule has 0 bridgehead atoms. The van der Waals surface area contributed by atoms with Crippen LogP contribution in [0.5, 0.6) is 0 Å². The minimum Gasteiger partial charge on any atom is -0.453 e. The maximum atomic E-state index is 15.0. The SMILES string of the molecule is COC[C@@H](CNc1nc(Nc2cccc(C)c2)c2c(c1F)CNC2=O)NC(=O)OC. The maximum absolute atomic E-state index is 15.0. The summed E-state index contributed by atoms with van der Waals surface area (Å²) in [7, 11) is 2.74. The summed E-state index contributed by atoms with van der Waals surface area (Å²) in [5.74, 6) is -0.790. The van der Waals surface area contributed by atoms with Crippen molar-refractivity contribution in [1.82, 2.24) is 15.6 Å². The molecule has 4 N–H and O–H groups in total. The van der Waals surface area contributed by atoms with Crippen LogP contribution in [0.15, 0.2) is 24.3 Å². The topological polar surface area (TPSA) is 114 Å². The van der Waals surface area contributed by atoms with Gasteiger partial charge in [-0.1, -0.05) is 12.1 Å². The average molecular weight is 417 g/mol. The Kier molecular flexibility index (Phi) is 6.68. The Hall–Kier alpha value is -3.40. The number of hydrogen-bond donors (Lipinski definition) is 4. The molecule has 3 rings (SSSR count). The summed E-state index contributed by atoms with van der Waals surface area (Å²) in [5.41, 5.74) is 2.17. The van der Waals surface area contributed by atoms with Crippen LogP contribution in [0, 0.1) is 12.7 Å². The zero-order valence-electron chi connectivity index (χ0n) is 17.0. The summed E-state index contributed by atoms with van der Waals surface area (Å²) in [6.45, 7) is 2.33. The number of nitrogens with zero attached hydrogens (tertiary/aromatic N) is 1. The van der Waals surface area contributed by atoms with Crippen molar-refractivity contribution < 1.29 is 23.5 Å². The van der Waals surface area contributed by atoms with E-state index in [1.54, 1.807) is 0 Å². The Morgan fingerprint density at radius 2 is 2.13 bits per heavy atom. The third-order valence-electron chi connectivity index (χ3n) is 4.56. The van der Waals surface area contributed by atoms with Gasteiger partial charge in [-0.05, 0) is 24.6 Å². The molecule has 0 spiro atoms. The number of hydrogen-bond acceptors (Lipinski definition) is 7. The Bertz CT molecular complexity index is 953. The zero-order chi connectivity index (χ0) is 21.7. The molecule has 0 saturated heterocycles. The number of amides is 2. The fraction of sp³-hybridized carbons (Fsp3) is 0.350. The van der Waals surface area contributed by atoms with E-state index in [2.05, 4.69) is 31.0 Å². The predicted molar refractivity (Wildman–Crippen MR) is 110 cm³/mol. The average Bonchev–Trinajstić information content (AvgIpc) is 3.11. The number of aromatic nitrogens is 1. The molecule has 0 radical (unpaired) electrons.